The van der Waals surface area contributed by atoms with Crippen LogP contribution in [0.2, 0.25) is 0 Å². The smallest absolute Gasteiger partial charge is 0.0417 e. The largest absolute Gasteiger partial charge is 0.264 e. The Bertz CT molecular complexity index is 186. The van der Waals surface area contributed by atoms with Gasteiger partial charge in [0.05, 0.1) is 0 Å². The highest BCUT2D eigenvalue weighted by Crippen LogP contribution is 2.16. The monoisotopic (exact) mass is 154 g/mol. The first-order chi connectivity index (χ1) is 4.79. The predicted molar refractivity (Wildman–Crippen MR) is 43.8 cm³/mol. The first-order valence-corrected chi connectivity index (χ1v) is 3.81. The molecule has 0 aliphatic heterocycles. The van der Waals surface area contributed by atoms with Crippen molar-refractivity contribution >= 4 is 11.9 Å². The van der Waals surface area contributed by atoms with E-state index in [1.165, 1.54) is 4.90 Å². The van der Waals surface area contributed by atoms with Crippen molar-refractivity contribution in [2.24, 2.45) is 0 Å². The van der Waals surface area contributed by atoms with Gasteiger partial charge in [-0.1, -0.05) is 0 Å². The Morgan fingerprint density at radius 1 is 1.50 bits per heavy atom. The topological polar surface area (TPSA) is 16.1 Å². The van der Waals surface area contributed by atoms with Crippen molar-refractivity contribution in [3.8, 4) is 0 Å². The molecule has 0 aliphatic carbocycles. The first-order valence-electron chi connectivity index (χ1n) is 3.04. The zero-order chi connectivity index (χ0) is 7.40. The molecular weight excluding hydrogens is 144 g/mol. The van der Waals surface area contributed by atoms with E-state index in [4.69, 9.17) is 0 Å². The Morgan fingerprint density at radius 2 is 2.30 bits per heavy atom. The van der Waals surface area contributed by atoms with Crippen LogP contribution in [0.5, 0.6) is 0 Å². The molecule has 0 bridgehead atoms. The van der Waals surface area contributed by atoms with Crippen molar-refractivity contribution in [2.75, 3.05) is 14.1 Å². The average Bonchev–Trinajstić information content (AvgIpc) is 1.88. The van der Waals surface area contributed by atoms with Gasteiger partial charge in [-0.15, -0.1) is 0 Å². The average molecular weight is 154 g/mol. The summed E-state index contributed by atoms with van der Waals surface area (Å²) in [4.78, 5) is 5.16. The summed E-state index contributed by atoms with van der Waals surface area (Å²) in [5, 5.41) is 0. The van der Waals surface area contributed by atoms with Gasteiger partial charge >= 0.3 is 0 Å². The van der Waals surface area contributed by atoms with Crippen LogP contribution in [0.1, 0.15) is 0 Å². The van der Waals surface area contributed by atoms with Crippen molar-refractivity contribution in [1.29, 1.82) is 0 Å². The fourth-order valence-electron chi connectivity index (χ4n) is 0.612. The summed E-state index contributed by atoms with van der Waals surface area (Å²) in [5.41, 5.74) is 0. The van der Waals surface area contributed by atoms with Gasteiger partial charge < -0.3 is 0 Å². The molecule has 0 unspecified atom stereocenters. The molecule has 2 nitrogen and oxygen atoms in total. The molecule has 3 heteroatoms. The van der Waals surface area contributed by atoms with Gasteiger partial charge in [-0.2, -0.15) is 0 Å². The van der Waals surface area contributed by atoms with Gasteiger partial charge in [0.2, 0.25) is 0 Å². The quantitative estimate of drug-likeness (QED) is 0.602. The van der Waals surface area contributed by atoms with Crippen LogP contribution in [0.15, 0.2) is 29.4 Å². The van der Waals surface area contributed by atoms with Crippen LogP contribution in [0.3, 0.4) is 0 Å². The maximum Gasteiger partial charge on any atom is 0.0417 e. The minimum atomic E-state index is 1.17. The number of aromatic nitrogens is 1. The van der Waals surface area contributed by atoms with Crippen molar-refractivity contribution in [3.63, 3.8) is 0 Å². The zero-order valence-corrected chi connectivity index (χ0v) is 6.93. The molecule has 0 fully saturated rings. The summed E-state index contributed by atoms with van der Waals surface area (Å²) >= 11 is 1.67. The Kier molecular flexibility index (Phi) is 2.71. The highest BCUT2D eigenvalue weighted by Gasteiger charge is 1.92. The molecule has 0 aliphatic rings. The summed E-state index contributed by atoms with van der Waals surface area (Å²) in [6.45, 7) is 0. The van der Waals surface area contributed by atoms with Gasteiger partial charge in [0.1, 0.15) is 0 Å². The Labute approximate surface area is 65.4 Å². The zero-order valence-electron chi connectivity index (χ0n) is 6.11. The van der Waals surface area contributed by atoms with E-state index in [0.717, 1.165) is 0 Å². The maximum absolute atomic E-state index is 3.99. The highest BCUT2D eigenvalue weighted by atomic mass is 32.2. The van der Waals surface area contributed by atoms with E-state index in [1.54, 1.807) is 18.1 Å². The Morgan fingerprint density at radius 3 is 2.80 bits per heavy atom. The molecule has 0 N–H and O–H groups in total. The minimum absolute atomic E-state index is 1.17. The fourth-order valence-corrected chi connectivity index (χ4v) is 1.28. The van der Waals surface area contributed by atoms with Crippen LogP contribution in [0, 0.1) is 0 Å². The van der Waals surface area contributed by atoms with E-state index in [-0.39, 0.29) is 0 Å². The number of nitrogens with zero attached hydrogens (tertiary/aromatic N) is 2. The third kappa shape index (κ3) is 2.37. The third-order valence-electron chi connectivity index (χ3n) is 0.922. The summed E-state index contributed by atoms with van der Waals surface area (Å²) < 4.78 is 2.04. The van der Waals surface area contributed by atoms with E-state index >= 15 is 0 Å². The van der Waals surface area contributed by atoms with Crippen LogP contribution in [0.25, 0.3) is 0 Å². The Hall–Kier alpha value is -0.540. The van der Waals surface area contributed by atoms with E-state index in [9.17, 15) is 0 Å². The van der Waals surface area contributed by atoms with Gasteiger partial charge in [-0.25, -0.2) is 0 Å². The molecule has 1 heterocycles. The summed E-state index contributed by atoms with van der Waals surface area (Å²) in [5.74, 6) is 0. The van der Waals surface area contributed by atoms with E-state index in [0.29, 0.717) is 0 Å². The van der Waals surface area contributed by atoms with Gasteiger partial charge in [-0.05, 0) is 38.2 Å². The van der Waals surface area contributed by atoms with Crippen LogP contribution in [-0.2, 0) is 0 Å². The van der Waals surface area contributed by atoms with Crippen molar-refractivity contribution in [1.82, 2.24) is 9.29 Å². The fraction of sp³-hybridized carbons (Fsp3) is 0.286. The van der Waals surface area contributed by atoms with Crippen LogP contribution in [-0.4, -0.2) is 23.4 Å². The van der Waals surface area contributed by atoms with E-state index in [2.05, 4.69) is 4.98 Å². The summed E-state index contributed by atoms with van der Waals surface area (Å²) in [7, 11) is 4.02. The molecule has 1 aromatic heterocycles. The molecule has 1 rings (SSSR count). The van der Waals surface area contributed by atoms with Crippen molar-refractivity contribution < 1.29 is 0 Å². The molecule has 0 spiro atoms. The SMILES string of the molecule is CN(C)Sc1cccnc1. The van der Waals surface area contributed by atoms with Gasteiger partial charge in [0, 0.05) is 17.3 Å². The first kappa shape index (κ1) is 7.57. The van der Waals surface area contributed by atoms with E-state index < -0.39 is 0 Å². The lowest BCUT2D eigenvalue weighted by atomic mass is 10.5. The molecule has 54 valence electrons. The Balaban J connectivity index is 2.59. The summed E-state index contributed by atoms with van der Waals surface area (Å²) in [6, 6.07) is 3.98. The lowest BCUT2D eigenvalue weighted by Crippen LogP contribution is -1.98. The molecule has 0 saturated heterocycles. The van der Waals surface area contributed by atoms with Gasteiger partial charge in [0.25, 0.3) is 0 Å². The standard InChI is InChI=1S/C7H10N2S/c1-9(2)10-7-4-3-5-8-6-7/h3-6H,1-2H3. The summed E-state index contributed by atoms with van der Waals surface area (Å²) in [6.07, 6.45) is 3.63. The van der Waals surface area contributed by atoms with Crippen LogP contribution in [0.4, 0.5) is 0 Å². The minimum Gasteiger partial charge on any atom is -0.264 e. The normalized spacial score (nSPS) is 10.3. The van der Waals surface area contributed by atoms with Crippen molar-refractivity contribution in [3.05, 3.63) is 24.5 Å². The predicted octanol–water partition coefficient (Wildman–Crippen LogP) is 1.65. The molecule has 0 aromatic carbocycles. The molecule has 0 atom stereocenters. The molecule has 0 amide bonds. The lowest BCUT2D eigenvalue weighted by Gasteiger charge is -2.06. The van der Waals surface area contributed by atoms with Gasteiger partial charge in [-0.3, -0.25) is 9.29 Å². The second-order valence-electron chi connectivity index (χ2n) is 2.09. The molecular formula is C7H10N2S. The van der Waals surface area contributed by atoms with Crippen LogP contribution >= 0.6 is 11.9 Å². The third-order valence-corrected chi connectivity index (χ3v) is 1.74. The lowest BCUT2D eigenvalue weighted by molar-refractivity contribution is 0.702. The second kappa shape index (κ2) is 3.58. The number of hydrogen-bond donors (Lipinski definition) is 0. The second-order valence-corrected chi connectivity index (χ2v) is 3.48. The van der Waals surface area contributed by atoms with Crippen LogP contribution < -0.4 is 0 Å². The number of rotatable bonds is 2. The highest BCUT2D eigenvalue weighted by molar-refractivity contribution is 7.97. The van der Waals surface area contributed by atoms with Crippen molar-refractivity contribution in [2.45, 2.75) is 4.90 Å². The number of pyridine rings is 1. The van der Waals surface area contributed by atoms with E-state index in [1.807, 2.05) is 36.7 Å². The number of hydrogen-bond acceptors (Lipinski definition) is 3. The molecule has 10 heavy (non-hydrogen) atoms. The van der Waals surface area contributed by atoms with Gasteiger partial charge in [0.15, 0.2) is 0 Å². The molecule has 1 aromatic rings. The molecule has 0 saturated carbocycles. The maximum atomic E-state index is 3.99. The molecule has 0 radical (unpaired) electrons.